The molecule has 0 atom stereocenters. The minimum absolute atomic E-state index is 0.172. The number of nitrogens with zero attached hydrogens (tertiary/aromatic N) is 3. The first kappa shape index (κ1) is 12.6. The minimum Gasteiger partial charge on any atom is -0.325 e. The molecule has 2 aromatic rings. The molecule has 0 spiro atoms. The Morgan fingerprint density at radius 1 is 1.33 bits per heavy atom. The van der Waals surface area contributed by atoms with Gasteiger partial charge in [0, 0.05) is 6.54 Å². The predicted molar refractivity (Wildman–Crippen MR) is 59.0 cm³/mol. The van der Waals surface area contributed by atoms with Crippen LogP contribution in [0.5, 0.6) is 0 Å². The molecule has 0 unspecified atom stereocenters. The third-order valence-electron chi connectivity index (χ3n) is 2.54. The van der Waals surface area contributed by atoms with E-state index in [-0.39, 0.29) is 12.1 Å². The zero-order valence-electron chi connectivity index (χ0n) is 9.57. The highest BCUT2D eigenvalue weighted by atomic mass is 19.4. The topological polar surface area (TPSA) is 56.7 Å². The predicted octanol–water partition coefficient (Wildman–Crippen LogP) is 2.05. The molecule has 2 N–H and O–H groups in total. The lowest BCUT2D eigenvalue weighted by molar-refractivity contribution is -0.138. The van der Waals surface area contributed by atoms with E-state index in [9.17, 15) is 13.2 Å². The quantitative estimate of drug-likeness (QED) is 0.894. The summed E-state index contributed by atoms with van der Waals surface area (Å²) in [5.41, 5.74) is 5.69. The van der Waals surface area contributed by atoms with Gasteiger partial charge in [-0.2, -0.15) is 13.2 Å². The van der Waals surface area contributed by atoms with Gasteiger partial charge in [0.15, 0.2) is 0 Å². The van der Waals surface area contributed by atoms with Gasteiger partial charge in [-0.15, -0.1) is 5.10 Å². The van der Waals surface area contributed by atoms with Gasteiger partial charge in [-0.1, -0.05) is 11.3 Å². The van der Waals surface area contributed by atoms with Crippen LogP contribution in [-0.2, 0) is 12.7 Å². The molecule has 0 saturated carbocycles. The van der Waals surface area contributed by atoms with E-state index in [1.165, 1.54) is 23.9 Å². The van der Waals surface area contributed by atoms with Crippen molar-refractivity contribution in [3.63, 3.8) is 0 Å². The van der Waals surface area contributed by atoms with Crippen molar-refractivity contribution in [3.05, 3.63) is 41.2 Å². The molecule has 0 saturated heterocycles. The number of rotatable bonds is 2. The molecule has 4 nitrogen and oxygen atoms in total. The number of halogens is 3. The van der Waals surface area contributed by atoms with Crippen LogP contribution in [0.2, 0.25) is 0 Å². The Kier molecular flexibility index (Phi) is 3.08. The number of alkyl halides is 3. The van der Waals surface area contributed by atoms with Crippen molar-refractivity contribution in [2.24, 2.45) is 5.73 Å². The molecule has 96 valence electrons. The fourth-order valence-electron chi connectivity index (χ4n) is 1.58. The molecular weight excluding hydrogens is 245 g/mol. The summed E-state index contributed by atoms with van der Waals surface area (Å²) in [5.74, 6) is 0. The second-order valence-electron chi connectivity index (χ2n) is 3.86. The fourth-order valence-corrected chi connectivity index (χ4v) is 1.58. The first-order valence-electron chi connectivity index (χ1n) is 5.21. The molecule has 0 radical (unpaired) electrons. The van der Waals surface area contributed by atoms with Crippen LogP contribution in [0, 0.1) is 6.92 Å². The number of aromatic nitrogens is 3. The number of hydrogen-bond acceptors (Lipinski definition) is 3. The van der Waals surface area contributed by atoms with Gasteiger partial charge < -0.3 is 5.73 Å². The molecular formula is C11H11F3N4. The van der Waals surface area contributed by atoms with Crippen molar-refractivity contribution in [3.8, 4) is 5.69 Å². The highest BCUT2D eigenvalue weighted by Crippen LogP contribution is 2.32. The van der Waals surface area contributed by atoms with Gasteiger partial charge in [-0.3, -0.25) is 0 Å². The van der Waals surface area contributed by atoms with E-state index in [0.717, 1.165) is 6.07 Å². The second kappa shape index (κ2) is 4.41. The Hall–Kier alpha value is -1.89. The van der Waals surface area contributed by atoms with Gasteiger partial charge in [0.05, 0.1) is 23.1 Å². The summed E-state index contributed by atoms with van der Waals surface area (Å²) in [7, 11) is 0. The summed E-state index contributed by atoms with van der Waals surface area (Å²) in [4.78, 5) is 0. The van der Waals surface area contributed by atoms with E-state index >= 15 is 0 Å². The summed E-state index contributed by atoms with van der Waals surface area (Å²) in [6.45, 7) is 1.61. The monoisotopic (exact) mass is 256 g/mol. The summed E-state index contributed by atoms with van der Waals surface area (Å²) >= 11 is 0. The molecule has 0 bridgehead atoms. The van der Waals surface area contributed by atoms with Crippen LogP contribution in [0.25, 0.3) is 5.69 Å². The molecule has 18 heavy (non-hydrogen) atoms. The third kappa shape index (κ3) is 2.35. The highest BCUT2D eigenvalue weighted by Gasteiger charge is 2.32. The zero-order valence-corrected chi connectivity index (χ0v) is 9.57. The van der Waals surface area contributed by atoms with Crippen LogP contribution in [0.4, 0.5) is 13.2 Å². The lowest BCUT2D eigenvalue weighted by atomic mass is 10.1. The molecule has 0 aliphatic carbocycles. The Balaban J connectivity index is 2.47. The smallest absolute Gasteiger partial charge is 0.325 e. The zero-order chi connectivity index (χ0) is 13.3. The van der Waals surface area contributed by atoms with Crippen LogP contribution in [0.1, 0.15) is 16.8 Å². The van der Waals surface area contributed by atoms with E-state index in [0.29, 0.717) is 11.4 Å². The first-order valence-corrected chi connectivity index (χ1v) is 5.21. The number of aryl methyl sites for hydroxylation is 1. The molecule has 1 aromatic heterocycles. The molecule has 1 heterocycles. The van der Waals surface area contributed by atoms with E-state index in [4.69, 9.17) is 5.73 Å². The molecule has 7 heteroatoms. The number of hydrogen-bond donors (Lipinski definition) is 1. The van der Waals surface area contributed by atoms with Crippen LogP contribution in [-0.4, -0.2) is 15.0 Å². The molecule has 0 amide bonds. The van der Waals surface area contributed by atoms with Crippen molar-refractivity contribution in [2.75, 3.05) is 0 Å². The van der Waals surface area contributed by atoms with Gasteiger partial charge in [-0.25, -0.2) is 4.68 Å². The van der Waals surface area contributed by atoms with Gasteiger partial charge in [0.1, 0.15) is 0 Å². The van der Waals surface area contributed by atoms with Gasteiger partial charge in [0.25, 0.3) is 0 Å². The van der Waals surface area contributed by atoms with E-state index in [2.05, 4.69) is 10.3 Å². The summed E-state index contributed by atoms with van der Waals surface area (Å²) < 4.78 is 39.5. The van der Waals surface area contributed by atoms with Crippen molar-refractivity contribution < 1.29 is 13.2 Å². The van der Waals surface area contributed by atoms with Gasteiger partial charge in [0.2, 0.25) is 0 Å². The number of benzene rings is 1. The summed E-state index contributed by atoms with van der Waals surface area (Å²) in [6.07, 6.45) is -2.87. The Morgan fingerprint density at radius 3 is 2.61 bits per heavy atom. The lowest BCUT2D eigenvalue weighted by Gasteiger charge is -2.11. The van der Waals surface area contributed by atoms with E-state index in [1.807, 2.05) is 0 Å². The molecule has 0 aliphatic rings. The fraction of sp³-hybridized carbons (Fsp3) is 0.273. The van der Waals surface area contributed by atoms with Gasteiger partial charge >= 0.3 is 6.18 Å². The maximum Gasteiger partial charge on any atom is 0.416 e. The normalized spacial score (nSPS) is 11.8. The van der Waals surface area contributed by atoms with Crippen molar-refractivity contribution in [1.82, 2.24) is 15.0 Å². The second-order valence-corrected chi connectivity index (χ2v) is 3.86. The highest BCUT2D eigenvalue weighted by molar-refractivity contribution is 5.41. The van der Waals surface area contributed by atoms with Crippen LogP contribution in [0.15, 0.2) is 24.4 Å². The van der Waals surface area contributed by atoms with E-state index in [1.54, 1.807) is 6.07 Å². The molecule has 0 aliphatic heterocycles. The van der Waals surface area contributed by atoms with Crippen molar-refractivity contribution in [1.29, 1.82) is 0 Å². The largest absolute Gasteiger partial charge is 0.416 e. The van der Waals surface area contributed by atoms with Crippen molar-refractivity contribution >= 4 is 0 Å². The number of nitrogens with two attached hydrogens (primary N) is 1. The van der Waals surface area contributed by atoms with Crippen LogP contribution in [0.3, 0.4) is 0 Å². The van der Waals surface area contributed by atoms with E-state index < -0.39 is 11.7 Å². The standard InChI is InChI=1S/C11H11F3N4/c1-7-2-3-9(4-10(7)11(12,13)14)18-6-8(5-15)16-17-18/h2-4,6H,5,15H2,1H3. The van der Waals surface area contributed by atoms with Crippen LogP contribution < -0.4 is 5.73 Å². The minimum atomic E-state index is -4.38. The maximum atomic E-state index is 12.8. The Labute approximate surface area is 101 Å². The Morgan fingerprint density at radius 2 is 2.06 bits per heavy atom. The average Bonchev–Trinajstić information content (AvgIpc) is 2.76. The van der Waals surface area contributed by atoms with Gasteiger partial charge in [-0.05, 0) is 24.6 Å². The molecule has 0 fully saturated rings. The first-order chi connectivity index (χ1) is 8.41. The lowest BCUT2D eigenvalue weighted by Crippen LogP contribution is -2.09. The van der Waals surface area contributed by atoms with Crippen LogP contribution >= 0.6 is 0 Å². The Bertz CT molecular complexity index is 560. The average molecular weight is 256 g/mol. The molecule has 1 aromatic carbocycles. The third-order valence-corrected chi connectivity index (χ3v) is 2.54. The maximum absolute atomic E-state index is 12.8. The molecule has 2 rings (SSSR count). The summed E-state index contributed by atoms with van der Waals surface area (Å²) in [6, 6.07) is 4.01. The van der Waals surface area contributed by atoms with Crippen molar-refractivity contribution in [2.45, 2.75) is 19.6 Å². The SMILES string of the molecule is Cc1ccc(-n2cc(CN)nn2)cc1C(F)(F)F. The summed E-state index contributed by atoms with van der Waals surface area (Å²) in [5, 5.41) is 7.46.